The zero-order chi connectivity index (χ0) is 10.7. The van der Waals surface area contributed by atoms with Gasteiger partial charge in [-0.1, -0.05) is 28.1 Å². The molecule has 0 aliphatic heterocycles. The van der Waals surface area contributed by atoms with Crippen LogP contribution in [0.5, 0.6) is 0 Å². The van der Waals surface area contributed by atoms with Crippen molar-refractivity contribution in [2.75, 3.05) is 0 Å². The maximum absolute atomic E-state index is 13.4. The van der Waals surface area contributed by atoms with Gasteiger partial charge < -0.3 is 5.11 Å². The van der Waals surface area contributed by atoms with Crippen LogP contribution in [0.25, 0.3) is 0 Å². The van der Waals surface area contributed by atoms with E-state index in [2.05, 4.69) is 15.9 Å². The van der Waals surface area contributed by atoms with E-state index >= 15 is 0 Å². The zero-order valence-electron chi connectivity index (χ0n) is 7.63. The van der Waals surface area contributed by atoms with Gasteiger partial charge in [0.2, 0.25) is 0 Å². The first-order valence-corrected chi connectivity index (χ1v) is 5.02. The summed E-state index contributed by atoms with van der Waals surface area (Å²) in [6.07, 6.45) is 0. The Kier molecular flexibility index (Phi) is 3.77. The van der Waals surface area contributed by atoms with Crippen LogP contribution in [0.4, 0.5) is 4.39 Å². The molecule has 2 nitrogen and oxygen atoms in total. The van der Waals surface area contributed by atoms with Gasteiger partial charge in [0, 0.05) is 5.56 Å². The third-order valence-corrected chi connectivity index (χ3v) is 3.03. The van der Waals surface area contributed by atoms with Crippen molar-refractivity contribution in [1.82, 2.24) is 0 Å². The van der Waals surface area contributed by atoms with E-state index in [1.165, 1.54) is 19.1 Å². The fraction of sp³-hybridized carbons (Fsp3) is 0.300. The van der Waals surface area contributed by atoms with E-state index < -0.39 is 10.6 Å². The lowest BCUT2D eigenvalue weighted by Crippen LogP contribution is -2.07. The lowest BCUT2D eigenvalue weighted by Gasteiger charge is -2.11. The molecule has 4 heteroatoms. The van der Waals surface area contributed by atoms with Crippen molar-refractivity contribution in [3.05, 3.63) is 35.1 Å². The first-order chi connectivity index (χ1) is 6.57. The van der Waals surface area contributed by atoms with Crippen molar-refractivity contribution < 1.29 is 14.3 Å². The number of carbonyl (C=O) groups excluding carboxylic acids is 1. The van der Waals surface area contributed by atoms with Crippen LogP contribution in [0.1, 0.15) is 22.9 Å². The van der Waals surface area contributed by atoms with Gasteiger partial charge in [-0.3, -0.25) is 4.79 Å². The number of Topliss-reactive ketones (excluding diaryl/α,β-unsaturated/α-hetero) is 1. The Balaban J connectivity index is 3.23. The Bertz CT molecular complexity index is 352. The first kappa shape index (κ1) is 11.3. The molecule has 1 rings (SSSR count). The molecule has 0 aromatic heterocycles. The third kappa shape index (κ3) is 2.19. The number of aliphatic hydroxyl groups excluding tert-OH is 1. The van der Waals surface area contributed by atoms with Crippen molar-refractivity contribution in [2.45, 2.75) is 18.4 Å². The molecular formula is C10H10BrFO2. The molecule has 1 atom stereocenters. The van der Waals surface area contributed by atoms with Crippen molar-refractivity contribution in [2.24, 2.45) is 0 Å². The van der Waals surface area contributed by atoms with Gasteiger partial charge in [-0.2, -0.15) is 0 Å². The molecule has 1 aromatic carbocycles. The highest BCUT2D eigenvalue weighted by Crippen LogP contribution is 2.29. The van der Waals surface area contributed by atoms with Crippen LogP contribution in [0.15, 0.2) is 18.2 Å². The molecule has 0 radical (unpaired) electrons. The van der Waals surface area contributed by atoms with Crippen LogP contribution < -0.4 is 0 Å². The van der Waals surface area contributed by atoms with Crippen LogP contribution >= 0.6 is 15.9 Å². The number of rotatable bonds is 3. The molecule has 1 N–H and O–H groups in total. The Morgan fingerprint density at radius 2 is 2.29 bits per heavy atom. The molecule has 0 heterocycles. The number of hydrogen-bond donors (Lipinski definition) is 1. The fourth-order valence-corrected chi connectivity index (χ4v) is 1.72. The number of hydrogen-bond acceptors (Lipinski definition) is 2. The van der Waals surface area contributed by atoms with Crippen LogP contribution in [0.3, 0.4) is 0 Å². The predicted octanol–water partition coefficient (Wildman–Crippen LogP) is 2.34. The van der Waals surface area contributed by atoms with Crippen molar-refractivity contribution in [1.29, 1.82) is 0 Å². The quantitative estimate of drug-likeness (QED) is 0.848. The summed E-state index contributed by atoms with van der Waals surface area (Å²) in [5.41, 5.74) is 0.657. The van der Waals surface area contributed by atoms with Crippen LogP contribution in [-0.2, 0) is 11.4 Å². The molecule has 0 aliphatic rings. The van der Waals surface area contributed by atoms with Crippen molar-refractivity contribution in [3.63, 3.8) is 0 Å². The van der Waals surface area contributed by atoms with E-state index in [4.69, 9.17) is 5.11 Å². The predicted molar refractivity (Wildman–Crippen MR) is 54.7 cm³/mol. The molecule has 0 saturated heterocycles. The largest absolute Gasteiger partial charge is 0.392 e. The van der Waals surface area contributed by atoms with Gasteiger partial charge in [0.15, 0.2) is 0 Å². The molecule has 0 fully saturated rings. The fourth-order valence-electron chi connectivity index (χ4n) is 1.21. The number of halogens is 2. The maximum atomic E-state index is 13.4. The Hall–Kier alpha value is -0.740. The molecular weight excluding hydrogens is 251 g/mol. The molecule has 76 valence electrons. The molecule has 0 amide bonds. The van der Waals surface area contributed by atoms with E-state index in [1.54, 1.807) is 6.07 Å². The summed E-state index contributed by atoms with van der Waals surface area (Å²) in [6.45, 7) is 1.09. The summed E-state index contributed by atoms with van der Waals surface area (Å²) in [4.78, 5) is 10.4. The molecule has 1 aromatic rings. The van der Waals surface area contributed by atoms with Gasteiger partial charge in [0.25, 0.3) is 0 Å². The maximum Gasteiger partial charge on any atom is 0.147 e. The Labute approximate surface area is 89.9 Å². The molecule has 0 spiro atoms. The summed E-state index contributed by atoms with van der Waals surface area (Å²) < 4.78 is 13.4. The number of carbonyl (C=O) groups is 1. The lowest BCUT2D eigenvalue weighted by molar-refractivity contribution is -0.116. The topological polar surface area (TPSA) is 37.3 Å². The van der Waals surface area contributed by atoms with Crippen LogP contribution in [-0.4, -0.2) is 10.9 Å². The highest BCUT2D eigenvalue weighted by molar-refractivity contribution is 9.09. The van der Waals surface area contributed by atoms with Crippen molar-refractivity contribution >= 4 is 21.7 Å². The molecule has 1 unspecified atom stereocenters. The Morgan fingerprint density at radius 3 is 2.79 bits per heavy atom. The molecule has 0 saturated carbocycles. The minimum atomic E-state index is -0.689. The summed E-state index contributed by atoms with van der Waals surface area (Å²) in [5, 5.41) is 8.97. The summed E-state index contributed by atoms with van der Waals surface area (Å²) in [7, 11) is 0. The van der Waals surface area contributed by atoms with Gasteiger partial charge >= 0.3 is 0 Å². The number of benzene rings is 1. The van der Waals surface area contributed by atoms with E-state index in [1.807, 2.05) is 0 Å². The second kappa shape index (κ2) is 4.66. The number of alkyl halides is 1. The molecule has 0 bridgehead atoms. The van der Waals surface area contributed by atoms with Crippen molar-refractivity contribution in [3.8, 4) is 0 Å². The third-order valence-electron chi connectivity index (χ3n) is 1.92. The van der Waals surface area contributed by atoms with Gasteiger partial charge in [-0.15, -0.1) is 0 Å². The Morgan fingerprint density at radius 1 is 1.64 bits per heavy atom. The van der Waals surface area contributed by atoms with E-state index in [9.17, 15) is 9.18 Å². The minimum Gasteiger partial charge on any atom is -0.392 e. The number of aliphatic hydroxyl groups is 1. The van der Waals surface area contributed by atoms with E-state index in [-0.39, 0.29) is 18.0 Å². The molecule has 0 aliphatic carbocycles. The SMILES string of the molecule is CC(=O)C(Br)c1c(F)cccc1CO. The second-order valence-corrected chi connectivity index (χ2v) is 3.86. The summed E-state index contributed by atoms with van der Waals surface area (Å²) >= 11 is 3.09. The van der Waals surface area contributed by atoms with Gasteiger partial charge in [-0.25, -0.2) is 4.39 Å². The van der Waals surface area contributed by atoms with E-state index in [0.29, 0.717) is 5.56 Å². The number of ketones is 1. The average molecular weight is 261 g/mol. The lowest BCUT2D eigenvalue weighted by atomic mass is 10.0. The summed E-state index contributed by atoms with van der Waals surface area (Å²) in [6, 6.07) is 4.37. The van der Waals surface area contributed by atoms with E-state index in [0.717, 1.165) is 0 Å². The average Bonchev–Trinajstić information content (AvgIpc) is 2.16. The smallest absolute Gasteiger partial charge is 0.147 e. The normalized spacial score (nSPS) is 12.6. The minimum absolute atomic E-state index is 0.190. The standard InChI is InChI=1S/C10H10BrFO2/c1-6(14)10(11)9-7(5-13)3-2-4-8(9)12/h2-4,10,13H,5H2,1H3. The monoisotopic (exact) mass is 260 g/mol. The first-order valence-electron chi connectivity index (χ1n) is 4.10. The summed E-state index contributed by atoms with van der Waals surface area (Å²) in [5.74, 6) is -0.668. The van der Waals surface area contributed by atoms with Crippen LogP contribution in [0, 0.1) is 5.82 Å². The van der Waals surface area contributed by atoms with Crippen LogP contribution in [0.2, 0.25) is 0 Å². The van der Waals surface area contributed by atoms with Gasteiger partial charge in [0.05, 0.1) is 6.61 Å². The molecule has 14 heavy (non-hydrogen) atoms. The van der Waals surface area contributed by atoms with Gasteiger partial charge in [0.1, 0.15) is 16.4 Å². The van der Waals surface area contributed by atoms with Gasteiger partial charge in [-0.05, 0) is 18.6 Å². The highest BCUT2D eigenvalue weighted by atomic mass is 79.9. The second-order valence-electron chi connectivity index (χ2n) is 2.94. The highest BCUT2D eigenvalue weighted by Gasteiger charge is 2.19. The zero-order valence-corrected chi connectivity index (χ0v) is 9.21.